The summed E-state index contributed by atoms with van der Waals surface area (Å²) in [6.07, 6.45) is 3.77. The molecule has 5 nitrogen and oxygen atoms in total. The van der Waals surface area contributed by atoms with Gasteiger partial charge in [-0.2, -0.15) is 5.10 Å². The van der Waals surface area contributed by atoms with Gasteiger partial charge < -0.3 is 9.52 Å². The van der Waals surface area contributed by atoms with Crippen LogP contribution in [0.4, 0.5) is 0 Å². The summed E-state index contributed by atoms with van der Waals surface area (Å²) in [6.45, 7) is 2.87. The first kappa shape index (κ1) is 11.8. The van der Waals surface area contributed by atoms with Crippen LogP contribution in [-0.4, -0.2) is 20.9 Å². The van der Waals surface area contributed by atoms with Crippen molar-refractivity contribution in [2.45, 2.75) is 24.3 Å². The second-order valence-corrected chi connectivity index (χ2v) is 4.40. The minimum Gasteiger partial charge on any atom is -0.475 e. The molecule has 1 N–H and O–H groups in total. The fourth-order valence-electron chi connectivity index (χ4n) is 1.32. The summed E-state index contributed by atoms with van der Waals surface area (Å²) in [5.41, 5.74) is 1.09. The zero-order valence-corrected chi connectivity index (χ0v) is 10.1. The molecule has 2 heterocycles. The number of furan rings is 1. The topological polar surface area (TPSA) is 68.3 Å². The highest BCUT2D eigenvalue weighted by Crippen LogP contribution is 2.24. The van der Waals surface area contributed by atoms with E-state index in [4.69, 9.17) is 9.52 Å². The van der Waals surface area contributed by atoms with Gasteiger partial charge in [0.1, 0.15) is 0 Å². The highest BCUT2D eigenvalue weighted by molar-refractivity contribution is 7.98. The highest BCUT2D eigenvalue weighted by Gasteiger charge is 2.09. The fraction of sp³-hybridized carbons (Fsp3) is 0.273. The molecule has 2 aromatic heterocycles. The highest BCUT2D eigenvalue weighted by atomic mass is 32.2. The van der Waals surface area contributed by atoms with Crippen LogP contribution in [0.1, 0.15) is 23.0 Å². The third kappa shape index (κ3) is 2.91. The lowest BCUT2D eigenvalue weighted by Gasteiger charge is -1.94. The number of aryl methyl sites for hydroxylation is 1. The number of carboxylic acids is 1. The van der Waals surface area contributed by atoms with Gasteiger partial charge in [-0.25, -0.2) is 4.79 Å². The van der Waals surface area contributed by atoms with Crippen molar-refractivity contribution < 1.29 is 14.3 Å². The molecule has 0 radical (unpaired) electrons. The summed E-state index contributed by atoms with van der Waals surface area (Å²) >= 11 is 1.45. The number of hydrogen-bond donors (Lipinski definition) is 1. The molecule has 0 bridgehead atoms. The Hall–Kier alpha value is -1.69. The summed E-state index contributed by atoms with van der Waals surface area (Å²) in [7, 11) is 0. The Kier molecular flexibility index (Phi) is 3.53. The van der Waals surface area contributed by atoms with E-state index < -0.39 is 5.97 Å². The van der Waals surface area contributed by atoms with Crippen molar-refractivity contribution in [3.8, 4) is 0 Å². The first-order valence-corrected chi connectivity index (χ1v) is 6.15. The number of thioether (sulfide) groups is 1. The number of hydrogen-bond acceptors (Lipinski definition) is 4. The van der Waals surface area contributed by atoms with E-state index in [0.717, 1.165) is 12.1 Å². The molecule has 2 aromatic rings. The van der Waals surface area contributed by atoms with Crippen LogP contribution in [-0.2, 0) is 12.3 Å². The predicted molar refractivity (Wildman–Crippen MR) is 63.1 cm³/mol. The zero-order valence-electron chi connectivity index (χ0n) is 9.29. The first-order valence-electron chi connectivity index (χ1n) is 5.16. The normalized spacial score (nSPS) is 10.6. The molecular formula is C11H12N2O3S. The van der Waals surface area contributed by atoms with Crippen LogP contribution in [0.3, 0.4) is 0 Å². The van der Waals surface area contributed by atoms with Crippen LogP contribution in [0.15, 0.2) is 34.0 Å². The van der Waals surface area contributed by atoms with Crippen molar-refractivity contribution in [2.75, 3.05) is 0 Å². The van der Waals surface area contributed by atoms with Gasteiger partial charge in [-0.15, -0.1) is 0 Å². The van der Waals surface area contributed by atoms with Gasteiger partial charge >= 0.3 is 5.97 Å². The van der Waals surface area contributed by atoms with Crippen molar-refractivity contribution in [3.05, 3.63) is 35.9 Å². The zero-order chi connectivity index (χ0) is 12.3. The molecule has 0 saturated heterocycles. The van der Waals surface area contributed by atoms with E-state index in [-0.39, 0.29) is 5.76 Å². The van der Waals surface area contributed by atoms with Crippen molar-refractivity contribution in [2.24, 2.45) is 0 Å². The third-order valence-electron chi connectivity index (χ3n) is 2.18. The van der Waals surface area contributed by atoms with Crippen LogP contribution in [0.25, 0.3) is 0 Å². The Labute approximate surface area is 102 Å². The molecule has 0 amide bonds. The maximum Gasteiger partial charge on any atom is 0.371 e. The second kappa shape index (κ2) is 5.09. The van der Waals surface area contributed by atoms with E-state index in [2.05, 4.69) is 5.10 Å². The third-order valence-corrected chi connectivity index (χ3v) is 3.17. The van der Waals surface area contributed by atoms with Crippen LogP contribution in [0.5, 0.6) is 0 Å². The summed E-state index contributed by atoms with van der Waals surface area (Å²) in [5.74, 6) is -0.362. The second-order valence-electron chi connectivity index (χ2n) is 3.42. The van der Waals surface area contributed by atoms with Gasteiger partial charge in [-0.1, -0.05) is 11.8 Å². The molecule has 2 rings (SSSR count). The van der Waals surface area contributed by atoms with Crippen molar-refractivity contribution in [1.29, 1.82) is 0 Å². The van der Waals surface area contributed by atoms with Gasteiger partial charge in [0.2, 0.25) is 5.76 Å². The number of rotatable bonds is 5. The molecule has 0 atom stereocenters. The Morgan fingerprint density at radius 2 is 2.41 bits per heavy atom. The van der Waals surface area contributed by atoms with E-state index in [1.165, 1.54) is 17.8 Å². The van der Waals surface area contributed by atoms with E-state index in [9.17, 15) is 4.79 Å². The standard InChI is InChI=1S/C11H12N2O3S/c1-2-13-6-8(5-12-13)7-17-10-4-3-9(16-10)11(14)15/h3-6H,2,7H2,1H3,(H,14,15). The lowest BCUT2D eigenvalue weighted by atomic mass is 10.4. The molecular weight excluding hydrogens is 240 g/mol. The Morgan fingerprint density at radius 1 is 1.59 bits per heavy atom. The lowest BCUT2D eigenvalue weighted by molar-refractivity contribution is 0.0656. The van der Waals surface area contributed by atoms with Crippen LogP contribution < -0.4 is 0 Å². The summed E-state index contributed by atoms with van der Waals surface area (Å²) < 4.78 is 6.98. The van der Waals surface area contributed by atoms with Crippen molar-refractivity contribution in [1.82, 2.24) is 9.78 Å². The average molecular weight is 252 g/mol. The van der Waals surface area contributed by atoms with Gasteiger partial charge in [-0.3, -0.25) is 4.68 Å². The molecule has 90 valence electrons. The maximum absolute atomic E-state index is 10.6. The molecule has 0 aliphatic heterocycles. The number of carbonyl (C=O) groups is 1. The Morgan fingerprint density at radius 3 is 3.00 bits per heavy atom. The monoisotopic (exact) mass is 252 g/mol. The van der Waals surface area contributed by atoms with Gasteiger partial charge in [0.25, 0.3) is 0 Å². The first-order chi connectivity index (χ1) is 8.19. The average Bonchev–Trinajstić information content (AvgIpc) is 2.95. The van der Waals surface area contributed by atoms with E-state index >= 15 is 0 Å². The van der Waals surface area contributed by atoms with Crippen LogP contribution in [0, 0.1) is 0 Å². The van der Waals surface area contributed by atoms with Crippen LogP contribution in [0.2, 0.25) is 0 Å². The minimum atomic E-state index is -1.05. The number of aromatic nitrogens is 2. The van der Waals surface area contributed by atoms with Gasteiger partial charge in [-0.05, 0) is 19.1 Å². The Balaban J connectivity index is 1.94. The quantitative estimate of drug-likeness (QED) is 0.828. The largest absolute Gasteiger partial charge is 0.475 e. The number of aromatic carboxylic acids is 1. The molecule has 0 aromatic carbocycles. The Bertz CT molecular complexity index is 518. The molecule has 17 heavy (non-hydrogen) atoms. The lowest BCUT2D eigenvalue weighted by Crippen LogP contribution is -1.92. The molecule has 0 aliphatic rings. The van der Waals surface area contributed by atoms with Crippen molar-refractivity contribution in [3.63, 3.8) is 0 Å². The SMILES string of the molecule is CCn1cc(CSc2ccc(C(=O)O)o2)cn1. The van der Waals surface area contributed by atoms with Gasteiger partial charge in [0, 0.05) is 24.1 Å². The van der Waals surface area contributed by atoms with E-state index in [1.807, 2.05) is 17.8 Å². The number of carboxylic acid groups (broad SMARTS) is 1. The molecule has 0 unspecified atom stereocenters. The molecule has 0 aliphatic carbocycles. The summed E-state index contributed by atoms with van der Waals surface area (Å²) in [5, 5.41) is 13.5. The molecule has 0 fully saturated rings. The molecule has 6 heteroatoms. The summed E-state index contributed by atoms with van der Waals surface area (Å²) in [4.78, 5) is 10.6. The van der Waals surface area contributed by atoms with Crippen molar-refractivity contribution >= 4 is 17.7 Å². The van der Waals surface area contributed by atoms with E-state index in [1.54, 1.807) is 12.3 Å². The maximum atomic E-state index is 10.6. The summed E-state index contributed by atoms with van der Waals surface area (Å²) in [6, 6.07) is 3.12. The smallest absolute Gasteiger partial charge is 0.371 e. The predicted octanol–water partition coefficient (Wildman–Crippen LogP) is 2.49. The molecule has 0 saturated carbocycles. The number of nitrogens with zero attached hydrogens (tertiary/aromatic N) is 2. The van der Waals surface area contributed by atoms with Gasteiger partial charge in [0.15, 0.2) is 5.09 Å². The van der Waals surface area contributed by atoms with Crippen LogP contribution >= 0.6 is 11.8 Å². The van der Waals surface area contributed by atoms with E-state index in [0.29, 0.717) is 10.8 Å². The fourth-order valence-corrected chi connectivity index (χ4v) is 2.09. The van der Waals surface area contributed by atoms with Gasteiger partial charge in [0.05, 0.1) is 6.20 Å². The minimum absolute atomic E-state index is 0.0308. The molecule has 0 spiro atoms.